The fraction of sp³-hybridized carbons (Fsp3) is 0.500. The third-order valence-electron chi connectivity index (χ3n) is 2.33. The Morgan fingerprint density at radius 3 is 1.93 bits per heavy atom. The Labute approximate surface area is 88.5 Å². The lowest BCUT2D eigenvalue weighted by Crippen LogP contribution is -2.17. The summed E-state index contributed by atoms with van der Waals surface area (Å²) in [5.74, 6) is 0. The van der Waals surface area contributed by atoms with Crippen molar-refractivity contribution in [3.63, 3.8) is 0 Å². The molecule has 78 valence electrons. The first-order chi connectivity index (χ1) is 6.54. The van der Waals surface area contributed by atoms with Crippen LogP contribution in [0.15, 0.2) is 24.3 Å². The van der Waals surface area contributed by atoms with Crippen LogP contribution in [0.3, 0.4) is 0 Å². The lowest BCUT2D eigenvalue weighted by atomic mass is 10.3. The van der Waals surface area contributed by atoms with Gasteiger partial charge in [-0.05, 0) is 22.7 Å². The van der Waals surface area contributed by atoms with Gasteiger partial charge in [0.05, 0.1) is 0 Å². The number of nitrogen functional groups attached to an aromatic ring is 1. The van der Waals surface area contributed by atoms with Crippen molar-refractivity contribution in [1.29, 1.82) is 0 Å². The monoisotopic (exact) mass is 209 g/mol. The highest BCUT2D eigenvalue weighted by Gasteiger charge is 2.20. The number of para-hydroxylation sites is 1. The van der Waals surface area contributed by atoms with Gasteiger partial charge < -0.3 is 5.73 Å². The van der Waals surface area contributed by atoms with Gasteiger partial charge in [0.2, 0.25) is 0 Å². The van der Waals surface area contributed by atoms with Gasteiger partial charge in [0.25, 0.3) is 0 Å². The van der Waals surface area contributed by atoms with Gasteiger partial charge in [0.15, 0.2) is 0 Å². The van der Waals surface area contributed by atoms with Gasteiger partial charge in [-0.1, -0.05) is 53.8 Å². The summed E-state index contributed by atoms with van der Waals surface area (Å²) in [5, 5.41) is 1.37. The Hall–Kier alpha value is -0.550. The van der Waals surface area contributed by atoms with E-state index in [0.29, 0.717) is 11.3 Å². The quantitative estimate of drug-likeness (QED) is 0.600. The van der Waals surface area contributed by atoms with Crippen molar-refractivity contribution >= 4 is 18.9 Å². The Kier molecular flexibility index (Phi) is 3.95. The van der Waals surface area contributed by atoms with Crippen LogP contribution in [0.25, 0.3) is 0 Å². The summed E-state index contributed by atoms with van der Waals surface area (Å²) in [6.07, 6.45) is 0. The molecule has 2 heteroatoms. The normalized spacial score (nSPS) is 11.6. The van der Waals surface area contributed by atoms with Crippen LogP contribution in [0.4, 0.5) is 5.69 Å². The Morgan fingerprint density at radius 1 is 1.00 bits per heavy atom. The molecule has 0 unspecified atom stereocenters. The van der Waals surface area contributed by atoms with E-state index in [1.807, 2.05) is 12.1 Å². The molecule has 0 spiro atoms. The zero-order chi connectivity index (χ0) is 10.7. The third kappa shape index (κ3) is 2.48. The molecule has 2 N–H and O–H groups in total. The van der Waals surface area contributed by atoms with E-state index in [4.69, 9.17) is 5.73 Å². The zero-order valence-electron chi connectivity index (χ0n) is 9.49. The minimum atomic E-state index is -0.120. The molecule has 0 atom stereocenters. The lowest BCUT2D eigenvalue weighted by Gasteiger charge is -2.27. The molecule has 0 amide bonds. The van der Waals surface area contributed by atoms with E-state index < -0.39 is 0 Å². The van der Waals surface area contributed by atoms with Gasteiger partial charge in [-0.15, -0.1) is 0 Å². The van der Waals surface area contributed by atoms with Crippen molar-refractivity contribution in [2.24, 2.45) is 0 Å². The predicted octanol–water partition coefficient (Wildman–Crippen LogP) is 3.19. The minimum absolute atomic E-state index is 0.120. The first-order valence-corrected chi connectivity index (χ1v) is 6.65. The number of rotatable bonds is 3. The average Bonchev–Trinajstić information content (AvgIpc) is 2.07. The minimum Gasteiger partial charge on any atom is -0.398 e. The smallest absolute Gasteiger partial charge is 0.0392 e. The van der Waals surface area contributed by atoms with Gasteiger partial charge in [0, 0.05) is 5.69 Å². The molecule has 0 saturated heterocycles. The second-order valence-electron chi connectivity index (χ2n) is 4.15. The number of nitrogens with two attached hydrogens (primary N) is 1. The molecular weight excluding hydrogens is 189 g/mol. The second kappa shape index (κ2) is 4.79. The van der Waals surface area contributed by atoms with Crippen LogP contribution in [0, 0.1) is 0 Å². The number of anilines is 1. The Morgan fingerprint density at radius 2 is 1.50 bits per heavy atom. The van der Waals surface area contributed by atoms with Crippen LogP contribution in [-0.4, -0.2) is 11.3 Å². The number of hydrogen-bond donors (Lipinski definition) is 1. The van der Waals surface area contributed by atoms with Gasteiger partial charge in [-0.25, -0.2) is 0 Å². The summed E-state index contributed by atoms with van der Waals surface area (Å²) in [6, 6.07) is 8.29. The maximum Gasteiger partial charge on any atom is 0.0392 e. The van der Waals surface area contributed by atoms with E-state index >= 15 is 0 Å². The van der Waals surface area contributed by atoms with Crippen LogP contribution < -0.4 is 11.0 Å². The van der Waals surface area contributed by atoms with E-state index in [2.05, 4.69) is 39.8 Å². The summed E-state index contributed by atoms with van der Waals surface area (Å²) in [7, 11) is -0.120. The maximum atomic E-state index is 6.01. The molecule has 0 aromatic heterocycles. The zero-order valence-corrected chi connectivity index (χ0v) is 10.4. The molecule has 0 heterocycles. The largest absolute Gasteiger partial charge is 0.398 e. The number of hydrogen-bond acceptors (Lipinski definition) is 1. The molecule has 0 bridgehead atoms. The third-order valence-corrected chi connectivity index (χ3v) is 5.52. The van der Waals surface area contributed by atoms with E-state index in [0.717, 1.165) is 5.69 Å². The van der Waals surface area contributed by atoms with Gasteiger partial charge >= 0.3 is 0 Å². The van der Waals surface area contributed by atoms with Crippen molar-refractivity contribution in [3.8, 4) is 0 Å². The fourth-order valence-electron chi connectivity index (χ4n) is 1.88. The Balaban J connectivity index is 3.05. The predicted molar refractivity (Wildman–Crippen MR) is 67.7 cm³/mol. The molecule has 1 aromatic rings. The summed E-state index contributed by atoms with van der Waals surface area (Å²) in [6.45, 7) is 9.16. The summed E-state index contributed by atoms with van der Waals surface area (Å²) in [5.41, 5.74) is 8.38. The van der Waals surface area contributed by atoms with Crippen molar-refractivity contribution in [1.82, 2.24) is 0 Å². The molecule has 1 rings (SSSR count). The molecule has 0 aliphatic carbocycles. The van der Waals surface area contributed by atoms with E-state index in [1.165, 1.54) is 5.30 Å². The first-order valence-electron chi connectivity index (χ1n) is 5.17. The van der Waals surface area contributed by atoms with E-state index in [-0.39, 0.29) is 7.92 Å². The highest BCUT2D eigenvalue weighted by Crippen LogP contribution is 2.45. The lowest BCUT2D eigenvalue weighted by molar-refractivity contribution is 1.02. The van der Waals surface area contributed by atoms with Crippen molar-refractivity contribution in [2.45, 2.75) is 39.0 Å². The molecule has 0 fully saturated rings. The Bertz CT molecular complexity index is 286. The molecule has 0 radical (unpaired) electrons. The standard InChI is InChI=1S/C12H20NP/c1-9(2)14(10(3)4)12-8-6-5-7-11(12)13/h5-10H,13H2,1-4H3. The molecule has 14 heavy (non-hydrogen) atoms. The molecule has 0 saturated carbocycles. The van der Waals surface area contributed by atoms with Crippen LogP contribution >= 0.6 is 7.92 Å². The SMILES string of the molecule is CC(C)P(c1ccccc1N)C(C)C. The maximum absolute atomic E-state index is 6.01. The average molecular weight is 209 g/mol. The van der Waals surface area contributed by atoms with Crippen molar-refractivity contribution in [2.75, 3.05) is 5.73 Å². The topological polar surface area (TPSA) is 26.0 Å². The van der Waals surface area contributed by atoms with Crippen LogP contribution in [0.5, 0.6) is 0 Å². The van der Waals surface area contributed by atoms with Gasteiger partial charge in [-0.2, -0.15) is 0 Å². The highest BCUT2D eigenvalue weighted by molar-refractivity contribution is 7.67. The number of benzene rings is 1. The summed E-state index contributed by atoms with van der Waals surface area (Å²) < 4.78 is 0. The van der Waals surface area contributed by atoms with Crippen molar-refractivity contribution in [3.05, 3.63) is 24.3 Å². The summed E-state index contributed by atoms with van der Waals surface area (Å²) >= 11 is 0. The highest BCUT2D eigenvalue weighted by atomic mass is 31.1. The molecular formula is C12H20NP. The fourth-order valence-corrected chi connectivity index (χ4v) is 4.81. The van der Waals surface area contributed by atoms with E-state index in [9.17, 15) is 0 Å². The van der Waals surface area contributed by atoms with Crippen LogP contribution in [0.2, 0.25) is 0 Å². The molecule has 1 nitrogen and oxygen atoms in total. The molecule has 1 aromatic carbocycles. The summed E-state index contributed by atoms with van der Waals surface area (Å²) in [4.78, 5) is 0. The van der Waals surface area contributed by atoms with Crippen LogP contribution in [0.1, 0.15) is 27.7 Å². The first kappa shape index (κ1) is 11.5. The van der Waals surface area contributed by atoms with Crippen LogP contribution in [-0.2, 0) is 0 Å². The molecule has 0 aliphatic rings. The molecule has 0 aliphatic heterocycles. The van der Waals surface area contributed by atoms with Gasteiger partial charge in [-0.3, -0.25) is 0 Å². The van der Waals surface area contributed by atoms with Gasteiger partial charge in [0.1, 0.15) is 0 Å². The van der Waals surface area contributed by atoms with Crippen molar-refractivity contribution < 1.29 is 0 Å². The second-order valence-corrected chi connectivity index (χ2v) is 7.52. The van der Waals surface area contributed by atoms with E-state index in [1.54, 1.807) is 0 Å².